The fourth-order valence-electron chi connectivity index (χ4n) is 7.99. The summed E-state index contributed by atoms with van der Waals surface area (Å²) in [7, 11) is 0. The van der Waals surface area contributed by atoms with Gasteiger partial charge in [-0.2, -0.15) is 0 Å². The molecule has 0 saturated carbocycles. The van der Waals surface area contributed by atoms with E-state index >= 15 is 0 Å². The second kappa shape index (κ2) is 46.5. The van der Waals surface area contributed by atoms with Crippen molar-refractivity contribution in [3.63, 3.8) is 0 Å². The number of aliphatic hydroxyl groups excluding tert-OH is 2. The molecule has 0 saturated heterocycles. The van der Waals surface area contributed by atoms with Crippen molar-refractivity contribution in [3.8, 4) is 0 Å². The minimum absolute atomic E-state index is 0.0183. The van der Waals surface area contributed by atoms with Crippen molar-refractivity contribution in [2.24, 2.45) is 0 Å². The first-order valence-corrected chi connectivity index (χ1v) is 25.3. The molecule has 0 spiro atoms. The van der Waals surface area contributed by atoms with Gasteiger partial charge in [0.25, 0.3) is 0 Å². The van der Waals surface area contributed by atoms with Gasteiger partial charge in [0.15, 0.2) is 0 Å². The molecule has 334 valence electrons. The Labute approximate surface area is 349 Å². The van der Waals surface area contributed by atoms with Crippen LogP contribution in [0.1, 0.15) is 284 Å². The smallest absolute Gasteiger partial charge is 0.305 e. The highest BCUT2D eigenvalue weighted by Gasteiger charge is 2.20. The molecule has 0 aromatic carbocycles. The monoisotopic (exact) mass is 794 g/mol. The van der Waals surface area contributed by atoms with Crippen LogP contribution >= 0.6 is 0 Å². The lowest BCUT2D eigenvalue weighted by atomic mass is 10.0. The van der Waals surface area contributed by atoms with Crippen molar-refractivity contribution >= 4 is 11.9 Å². The van der Waals surface area contributed by atoms with Gasteiger partial charge < -0.3 is 20.3 Å². The third-order valence-electron chi connectivity index (χ3n) is 11.9. The lowest BCUT2D eigenvalue weighted by molar-refractivity contribution is -0.143. The molecular formula is C50H99NO5. The molecule has 0 fully saturated rings. The van der Waals surface area contributed by atoms with Crippen LogP contribution in [0.2, 0.25) is 0 Å². The molecule has 0 aromatic rings. The van der Waals surface area contributed by atoms with Crippen LogP contribution in [0, 0.1) is 0 Å². The van der Waals surface area contributed by atoms with Crippen LogP contribution in [0.4, 0.5) is 0 Å². The van der Waals surface area contributed by atoms with Gasteiger partial charge in [0.1, 0.15) is 0 Å². The van der Waals surface area contributed by atoms with Crippen LogP contribution in [0.15, 0.2) is 0 Å². The molecule has 1 amide bonds. The Bertz CT molecular complexity index is 791. The zero-order chi connectivity index (χ0) is 40.8. The molecule has 2 unspecified atom stereocenters. The minimum atomic E-state index is -0.677. The van der Waals surface area contributed by atoms with Gasteiger partial charge in [-0.05, 0) is 25.7 Å². The number of carbonyl (C=O) groups excluding carboxylic acids is 2. The highest BCUT2D eigenvalue weighted by atomic mass is 16.5. The highest BCUT2D eigenvalue weighted by molar-refractivity contribution is 5.76. The van der Waals surface area contributed by atoms with Gasteiger partial charge in [0.05, 0.1) is 25.4 Å². The second-order valence-corrected chi connectivity index (χ2v) is 17.5. The maximum Gasteiger partial charge on any atom is 0.305 e. The first-order valence-electron chi connectivity index (χ1n) is 25.3. The summed E-state index contributed by atoms with van der Waals surface area (Å²) < 4.78 is 5.44. The molecule has 6 heteroatoms. The lowest BCUT2D eigenvalue weighted by Gasteiger charge is -2.22. The van der Waals surface area contributed by atoms with Crippen LogP contribution in [0.3, 0.4) is 0 Å². The van der Waals surface area contributed by atoms with E-state index in [-0.39, 0.29) is 18.5 Å². The summed E-state index contributed by atoms with van der Waals surface area (Å²) in [6.45, 7) is 4.91. The Balaban J connectivity index is 3.48. The zero-order valence-electron chi connectivity index (χ0n) is 37.9. The van der Waals surface area contributed by atoms with E-state index in [1.54, 1.807) is 0 Å². The van der Waals surface area contributed by atoms with Crippen molar-refractivity contribution in [3.05, 3.63) is 0 Å². The molecule has 0 aliphatic carbocycles. The molecular weight excluding hydrogens is 695 g/mol. The van der Waals surface area contributed by atoms with Crippen LogP contribution in [0.25, 0.3) is 0 Å². The standard InChI is InChI=1S/C50H99NO5/c1-3-5-7-9-11-13-15-16-17-18-19-20-21-23-26-30-34-38-42-48(53)47(46-52)51-49(54)43-39-35-31-27-24-25-29-33-37-41-45-56-50(55)44-40-36-32-28-22-14-12-10-8-6-4-2/h47-48,52-53H,3-46H2,1-2H3,(H,51,54). The summed E-state index contributed by atoms with van der Waals surface area (Å²) in [6, 6.07) is -0.556. The van der Waals surface area contributed by atoms with E-state index in [1.807, 2.05) is 0 Å². The largest absolute Gasteiger partial charge is 0.466 e. The van der Waals surface area contributed by atoms with E-state index in [1.165, 1.54) is 193 Å². The fourth-order valence-corrected chi connectivity index (χ4v) is 7.99. The number of unbranched alkanes of at least 4 members (excludes halogenated alkanes) is 36. The maximum atomic E-state index is 12.4. The third kappa shape index (κ3) is 42.5. The minimum Gasteiger partial charge on any atom is -0.466 e. The molecule has 0 rings (SSSR count). The molecule has 0 radical (unpaired) electrons. The zero-order valence-corrected chi connectivity index (χ0v) is 37.9. The molecule has 3 N–H and O–H groups in total. The third-order valence-corrected chi connectivity index (χ3v) is 11.9. The quantitative estimate of drug-likeness (QED) is 0.0421. The first kappa shape index (κ1) is 54.9. The Morgan fingerprint density at radius 1 is 0.429 bits per heavy atom. The molecule has 6 nitrogen and oxygen atoms in total. The van der Waals surface area contributed by atoms with Gasteiger partial charge in [-0.3, -0.25) is 9.59 Å². The molecule has 2 atom stereocenters. The summed E-state index contributed by atoms with van der Waals surface area (Å²) in [5.74, 6) is -0.0732. The highest BCUT2D eigenvalue weighted by Crippen LogP contribution is 2.17. The number of hydrogen-bond donors (Lipinski definition) is 3. The number of aliphatic hydroxyl groups is 2. The Kier molecular flexibility index (Phi) is 45.6. The first-order chi connectivity index (χ1) is 27.5. The number of amides is 1. The van der Waals surface area contributed by atoms with Crippen molar-refractivity contribution in [2.45, 2.75) is 296 Å². The molecule has 0 aliphatic heterocycles. The lowest BCUT2D eigenvalue weighted by Crippen LogP contribution is -2.45. The van der Waals surface area contributed by atoms with Gasteiger partial charge in [-0.1, -0.05) is 245 Å². The summed E-state index contributed by atoms with van der Waals surface area (Å²) in [4.78, 5) is 24.4. The van der Waals surface area contributed by atoms with Crippen LogP contribution in [0.5, 0.6) is 0 Å². The van der Waals surface area contributed by atoms with Gasteiger partial charge in [-0.25, -0.2) is 0 Å². The summed E-state index contributed by atoms with van der Waals surface area (Å²) in [5.41, 5.74) is 0. The summed E-state index contributed by atoms with van der Waals surface area (Å²) >= 11 is 0. The van der Waals surface area contributed by atoms with Gasteiger partial charge in [-0.15, -0.1) is 0 Å². The van der Waals surface area contributed by atoms with Crippen LogP contribution in [-0.2, 0) is 14.3 Å². The Hall–Kier alpha value is -1.14. The summed E-state index contributed by atoms with van der Waals surface area (Å²) in [6.07, 6.45) is 50.6. The Morgan fingerprint density at radius 3 is 1.09 bits per heavy atom. The SMILES string of the molecule is CCCCCCCCCCCCCCCCCCCCC(O)C(CO)NC(=O)CCCCCCCCCCCCOC(=O)CCCCCCCCCCCCC. The van der Waals surface area contributed by atoms with Crippen LogP contribution in [-0.4, -0.2) is 47.4 Å². The van der Waals surface area contributed by atoms with E-state index in [9.17, 15) is 19.8 Å². The molecule has 0 heterocycles. The van der Waals surface area contributed by atoms with Gasteiger partial charge >= 0.3 is 5.97 Å². The van der Waals surface area contributed by atoms with E-state index < -0.39 is 12.1 Å². The molecule has 56 heavy (non-hydrogen) atoms. The van der Waals surface area contributed by atoms with E-state index in [0.717, 1.165) is 57.8 Å². The average molecular weight is 794 g/mol. The average Bonchev–Trinajstić information content (AvgIpc) is 3.20. The second-order valence-electron chi connectivity index (χ2n) is 17.5. The number of rotatable bonds is 47. The number of hydrogen-bond acceptors (Lipinski definition) is 5. The van der Waals surface area contributed by atoms with Crippen molar-refractivity contribution in [1.82, 2.24) is 5.32 Å². The molecule has 0 aliphatic rings. The number of esters is 1. The van der Waals surface area contributed by atoms with E-state index in [4.69, 9.17) is 4.74 Å². The normalized spacial score (nSPS) is 12.6. The predicted molar refractivity (Wildman–Crippen MR) is 241 cm³/mol. The molecule has 0 aromatic heterocycles. The van der Waals surface area contributed by atoms with Crippen molar-refractivity contribution in [2.75, 3.05) is 13.2 Å². The topological polar surface area (TPSA) is 95.9 Å². The number of nitrogens with one attached hydrogen (secondary N) is 1. The van der Waals surface area contributed by atoms with Gasteiger partial charge in [0.2, 0.25) is 5.91 Å². The van der Waals surface area contributed by atoms with Crippen molar-refractivity contribution in [1.29, 1.82) is 0 Å². The fraction of sp³-hybridized carbons (Fsp3) is 0.960. The van der Waals surface area contributed by atoms with Gasteiger partial charge in [0, 0.05) is 12.8 Å². The number of ether oxygens (including phenoxy) is 1. The van der Waals surface area contributed by atoms with Crippen molar-refractivity contribution < 1.29 is 24.5 Å². The van der Waals surface area contributed by atoms with E-state index in [2.05, 4.69) is 19.2 Å². The Morgan fingerprint density at radius 2 is 0.732 bits per heavy atom. The molecule has 0 bridgehead atoms. The number of carbonyl (C=O) groups is 2. The van der Waals surface area contributed by atoms with Crippen LogP contribution < -0.4 is 5.32 Å². The predicted octanol–water partition coefficient (Wildman–Crippen LogP) is 14.8. The maximum absolute atomic E-state index is 12.4. The summed E-state index contributed by atoms with van der Waals surface area (Å²) in [5, 5.41) is 23.2. The van der Waals surface area contributed by atoms with E-state index in [0.29, 0.717) is 25.9 Å².